The van der Waals surface area contributed by atoms with Crippen molar-refractivity contribution in [3.05, 3.63) is 60.2 Å². The zero-order chi connectivity index (χ0) is 21.4. The van der Waals surface area contributed by atoms with Crippen LogP contribution < -0.4 is 15.2 Å². The van der Waals surface area contributed by atoms with E-state index in [2.05, 4.69) is 17.1 Å². The number of hydrogen-bond acceptors (Lipinski definition) is 4. The minimum atomic E-state index is -3.65. The van der Waals surface area contributed by atoms with Gasteiger partial charge in [0.2, 0.25) is 10.0 Å². The quantitative estimate of drug-likeness (QED) is 0.310. The SMILES string of the molecule is CCNC(=NCCc1ccc(S(N)(=O)=O)cc1)N1CCC(Oc2ccccc2)CC1.I. The first-order valence-electron chi connectivity index (χ1n) is 10.3. The lowest BCUT2D eigenvalue weighted by Gasteiger charge is -2.34. The number of guanidine groups is 1. The summed E-state index contributed by atoms with van der Waals surface area (Å²) in [6, 6.07) is 16.6. The standard InChI is InChI=1S/C22H30N4O3S.HI/c1-2-24-22(25-15-12-18-8-10-21(11-9-18)30(23,27)28)26-16-13-20(14-17-26)29-19-6-4-3-5-7-19;/h3-11,20H,2,12-17H2,1H3,(H,24,25)(H2,23,27,28);1H. The fraction of sp³-hybridized carbons (Fsp3) is 0.409. The highest BCUT2D eigenvalue weighted by Gasteiger charge is 2.22. The van der Waals surface area contributed by atoms with Gasteiger partial charge in [-0.2, -0.15) is 0 Å². The number of nitrogens with one attached hydrogen (secondary N) is 1. The first-order valence-corrected chi connectivity index (χ1v) is 11.9. The molecule has 0 amide bonds. The molecule has 0 spiro atoms. The van der Waals surface area contributed by atoms with Crippen LogP contribution in [0.25, 0.3) is 0 Å². The van der Waals surface area contributed by atoms with Gasteiger partial charge in [0.1, 0.15) is 11.9 Å². The second-order valence-electron chi connectivity index (χ2n) is 7.29. The Morgan fingerprint density at radius 1 is 1.13 bits per heavy atom. The largest absolute Gasteiger partial charge is 0.490 e. The van der Waals surface area contributed by atoms with E-state index < -0.39 is 10.0 Å². The molecule has 31 heavy (non-hydrogen) atoms. The summed E-state index contributed by atoms with van der Waals surface area (Å²) in [4.78, 5) is 7.16. The van der Waals surface area contributed by atoms with Gasteiger partial charge in [-0.15, -0.1) is 24.0 Å². The Balaban J connectivity index is 0.00000341. The number of hydrogen-bond donors (Lipinski definition) is 2. The lowest BCUT2D eigenvalue weighted by atomic mass is 10.1. The van der Waals surface area contributed by atoms with Gasteiger partial charge in [-0.3, -0.25) is 4.99 Å². The molecule has 9 heteroatoms. The molecule has 0 radical (unpaired) electrons. The molecule has 1 aliphatic rings. The number of nitrogens with zero attached hydrogens (tertiary/aromatic N) is 2. The monoisotopic (exact) mass is 558 g/mol. The minimum absolute atomic E-state index is 0. The van der Waals surface area contributed by atoms with Gasteiger partial charge >= 0.3 is 0 Å². The van der Waals surface area contributed by atoms with Crippen molar-refractivity contribution in [1.29, 1.82) is 0 Å². The summed E-state index contributed by atoms with van der Waals surface area (Å²) in [5, 5.41) is 8.51. The molecule has 0 aliphatic carbocycles. The summed E-state index contributed by atoms with van der Waals surface area (Å²) in [5.74, 6) is 1.83. The summed E-state index contributed by atoms with van der Waals surface area (Å²) in [5.41, 5.74) is 1.02. The minimum Gasteiger partial charge on any atom is -0.490 e. The van der Waals surface area contributed by atoms with Gasteiger partial charge in [-0.05, 0) is 43.2 Å². The van der Waals surface area contributed by atoms with Crippen molar-refractivity contribution in [2.24, 2.45) is 10.1 Å². The first-order chi connectivity index (χ1) is 14.5. The van der Waals surface area contributed by atoms with Gasteiger partial charge < -0.3 is 15.0 Å². The van der Waals surface area contributed by atoms with E-state index in [4.69, 9.17) is 14.9 Å². The van der Waals surface area contributed by atoms with Gasteiger partial charge in [-0.25, -0.2) is 13.6 Å². The van der Waals surface area contributed by atoms with Gasteiger partial charge in [0.15, 0.2) is 5.96 Å². The number of nitrogens with two attached hydrogens (primary N) is 1. The van der Waals surface area contributed by atoms with Crippen LogP contribution in [0.1, 0.15) is 25.3 Å². The van der Waals surface area contributed by atoms with Gasteiger partial charge in [0.05, 0.1) is 4.90 Å². The predicted octanol–water partition coefficient (Wildman–Crippen LogP) is 3.00. The maximum absolute atomic E-state index is 11.4. The fourth-order valence-electron chi connectivity index (χ4n) is 3.44. The highest BCUT2D eigenvalue weighted by atomic mass is 127. The van der Waals surface area contributed by atoms with Crippen molar-refractivity contribution in [3.8, 4) is 5.75 Å². The van der Waals surface area contributed by atoms with Crippen LogP contribution in [0.4, 0.5) is 0 Å². The number of halogens is 1. The Labute approximate surface area is 202 Å². The van der Waals surface area contributed by atoms with Crippen LogP contribution in [0, 0.1) is 0 Å². The molecular weight excluding hydrogens is 527 g/mol. The second kappa shape index (κ2) is 12.3. The molecule has 3 N–H and O–H groups in total. The van der Waals surface area contributed by atoms with Gasteiger partial charge in [-0.1, -0.05) is 30.3 Å². The number of para-hydroxylation sites is 1. The molecule has 2 aromatic carbocycles. The maximum atomic E-state index is 11.4. The lowest BCUT2D eigenvalue weighted by Crippen LogP contribution is -2.47. The average Bonchev–Trinajstić information content (AvgIpc) is 2.74. The third-order valence-electron chi connectivity index (χ3n) is 5.04. The van der Waals surface area contributed by atoms with Crippen LogP contribution in [0.15, 0.2) is 64.5 Å². The summed E-state index contributed by atoms with van der Waals surface area (Å²) in [7, 11) is -3.65. The Bertz CT molecular complexity index is 929. The van der Waals surface area contributed by atoms with E-state index in [1.54, 1.807) is 12.1 Å². The number of piperidine rings is 1. The molecule has 7 nitrogen and oxygen atoms in total. The number of ether oxygens (including phenoxy) is 1. The van der Waals surface area contributed by atoms with Crippen LogP contribution in [0.2, 0.25) is 0 Å². The molecule has 0 bridgehead atoms. The van der Waals surface area contributed by atoms with Crippen LogP contribution >= 0.6 is 24.0 Å². The molecule has 2 aromatic rings. The van der Waals surface area contributed by atoms with Crippen LogP contribution in [0.5, 0.6) is 5.75 Å². The Kier molecular flexibility index (Phi) is 10.0. The molecular formula is C22H31IN4O3S. The number of sulfonamides is 1. The first kappa shape index (κ1) is 25.4. The average molecular weight is 558 g/mol. The second-order valence-corrected chi connectivity index (χ2v) is 8.85. The van der Waals surface area contributed by atoms with E-state index in [0.717, 1.165) is 56.2 Å². The molecule has 1 aliphatic heterocycles. The van der Waals surface area contributed by atoms with Gasteiger partial charge in [0.25, 0.3) is 0 Å². The zero-order valence-electron chi connectivity index (χ0n) is 17.7. The highest BCUT2D eigenvalue weighted by Crippen LogP contribution is 2.18. The van der Waals surface area contributed by atoms with E-state index in [-0.39, 0.29) is 35.0 Å². The summed E-state index contributed by atoms with van der Waals surface area (Å²) in [6.45, 7) is 5.28. The molecule has 0 aromatic heterocycles. The van der Waals surface area contributed by atoms with Crippen molar-refractivity contribution < 1.29 is 13.2 Å². The van der Waals surface area contributed by atoms with Crippen molar-refractivity contribution in [1.82, 2.24) is 10.2 Å². The van der Waals surface area contributed by atoms with Crippen molar-refractivity contribution in [3.63, 3.8) is 0 Å². The molecule has 0 saturated carbocycles. The molecule has 0 atom stereocenters. The third-order valence-corrected chi connectivity index (χ3v) is 5.97. The van der Waals surface area contributed by atoms with E-state index in [1.807, 2.05) is 30.3 Å². The third kappa shape index (κ3) is 7.97. The number of likely N-dealkylation sites (tertiary alicyclic amines) is 1. The lowest BCUT2D eigenvalue weighted by molar-refractivity contribution is 0.129. The summed E-state index contributed by atoms with van der Waals surface area (Å²) >= 11 is 0. The molecule has 1 saturated heterocycles. The van der Waals surface area contributed by atoms with E-state index in [0.29, 0.717) is 6.54 Å². The number of benzene rings is 2. The summed E-state index contributed by atoms with van der Waals surface area (Å²) in [6.07, 6.45) is 2.86. The zero-order valence-corrected chi connectivity index (χ0v) is 20.9. The van der Waals surface area contributed by atoms with Crippen LogP contribution in [-0.4, -0.2) is 51.6 Å². The number of aliphatic imine (C=N–C) groups is 1. The predicted molar refractivity (Wildman–Crippen MR) is 135 cm³/mol. The van der Waals surface area contributed by atoms with Crippen LogP contribution in [-0.2, 0) is 16.4 Å². The number of rotatable bonds is 7. The Hall–Kier alpha value is -1.85. The van der Waals surface area contributed by atoms with Crippen LogP contribution in [0.3, 0.4) is 0 Å². The number of primary sulfonamides is 1. The Morgan fingerprint density at radius 2 is 1.77 bits per heavy atom. The molecule has 170 valence electrons. The fourth-order valence-corrected chi connectivity index (χ4v) is 3.95. The molecule has 3 rings (SSSR count). The molecule has 1 fully saturated rings. The van der Waals surface area contributed by atoms with E-state index >= 15 is 0 Å². The molecule has 0 unspecified atom stereocenters. The summed E-state index contributed by atoms with van der Waals surface area (Å²) < 4.78 is 28.8. The van der Waals surface area contributed by atoms with E-state index in [9.17, 15) is 8.42 Å². The Morgan fingerprint density at radius 3 is 2.35 bits per heavy atom. The maximum Gasteiger partial charge on any atom is 0.238 e. The van der Waals surface area contributed by atoms with Gasteiger partial charge in [0, 0.05) is 39.0 Å². The van der Waals surface area contributed by atoms with E-state index in [1.165, 1.54) is 12.1 Å². The van der Waals surface area contributed by atoms with Crippen molar-refractivity contribution >= 4 is 40.0 Å². The topological polar surface area (TPSA) is 97.0 Å². The van der Waals surface area contributed by atoms with Crippen molar-refractivity contribution in [2.75, 3.05) is 26.2 Å². The van der Waals surface area contributed by atoms with Crippen molar-refractivity contribution in [2.45, 2.75) is 37.2 Å². The normalized spacial score (nSPS) is 15.3. The highest BCUT2D eigenvalue weighted by molar-refractivity contribution is 14.0. The smallest absolute Gasteiger partial charge is 0.238 e. The molecule has 1 heterocycles.